The molecule has 0 saturated carbocycles. The molecular weight excluding hydrogens is 425 g/mol. The van der Waals surface area contributed by atoms with Crippen LogP contribution in [0.3, 0.4) is 0 Å². The number of nitrogen functional groups attached to an aromatic ring is 1. The highest BCUT2D eigenvalue weighted by Gasteiger charge is 2.21. The summed E-state index contributed by atoms with van der Waals surface area (Å²) in [6.07, 6.45) is 0. The molecule has 0 bridgehead atoms. The molecule has 2 aromatic carbocycles. The van der Waals surface area contributed by atoms with Crippen molar-refractivity contribution in [3.8, 4) is 17.2 Å². The van der Waals surface area contributed by atoms with Crippen LogP contribution in [0.1, 0.15) is 12.7 Å². The number of nitrogens with two attached hydrogens (primary N) is 1. The maximum Gasteiger partial charge on any atom is 0.237 e. The molecule has 31 heavy (non-hydrogen) atoms. The number of anilines is 1. The van der Waals surface area contributed by atoms with Crippen molar-refractivity contribution in [2.75, 3.05) is 25.4 Å². The topological polar surface area (TPSA) is 114 Å². The van der Waals surface area contributed by atoms with E-state index in [0.29, 0.717) is 22.3 Å². The molecular formula is C20H22FN5O4S. The van der Waals surface area contributed by atoms with Gasteiger partial charge in [0.25, 0.3) is 0 Å². The van der Waals surface area contributed by atoms with Crippen molar-refractivity contribution in [2.24, 2.45) is 0 Å². The van der Waals surface area contributed by atoms with Gasteiger partial charge in [0.2, 0.25) is 11.1 Å². The second-order valence-electron chi connectivity index (χ2n) is 6.30. The van der Waals surface area contributed by atoms with Gasteiger partial charge in [0.15, 0.2) is 17.4 Å². The van der Waals surface area contributed by atoms with E-state index in [1.807, 2.05) is 0 Å². The van der Waals surface area contributed by atoms with E-state index in [2.05, 4.69) is 15.5 Å². The van der Waals surface area contributed by atoms with Crippen LogP contribution in [0.2, 0.25) is 0 Å². The normalized spacial score (nSPS) is 11.6. The number of methoxy groups -OCH3 is 2. The summed E-state index contributed by atoms with van der Waals surface area (Å²) in [5.41, 5.74) is 0.479. The number of carbonyl (C=O) groups excluding carboxylic acids is 1. The van der Waals surface area contributed by atoms with Crippen LogP contribution >= 0.6 is 11.8 Å². The zero-order valence-corrected chi connectivity index (χ0v) is 18.0. The smallest absolute Gasteiger partial charge is 0.237 e. The van der Waals surface area contributed by atoms with Gasteiger partial charge in [-0.1, -0.05) is 23.9 Å². The molecule has 3 aromatic rings. The van der Waals surface area contributed by atoms with Crippen LogP contribution in [-0.4, -0.2) is 40.3 Å². The van der Waals surface area contributed by atoms with Gasteiger partial charge < -0.3 is 25.4 Å². The van der Waals surface area contributed by atoms with E-state index in [4.69, 9.17) is 20.1 Å². The molecule has 1 atom stereocenters. The Hall–Kier alpha value is -3.47. The zero-order valence-electron chi connectivity index (χ0n) is 17.2. The number of hydrogen-bond donors (Lipinski definition) is 2. The molecule has 164 valence electrons. The molecule has 3 N–H and O–H groups in total. The van der Waals surface area contributed by atoms with Crippen molar-refractivity contribution in [1.29, 1.82) is 0 Å². The van der Waals surface area contributed by atoms with Crippen LogP contribution in [0.4, 0.5) is 10.1 Å². The Bertz CT molecular complexity index is 1060. The van der Waals surface area contributed by atoms with E-state index in [1.54, 1.807) is 37.3 Å². The Balaban J connectivity index is 1.63. The first-order valence-corrected chi connectivity index (χ1v) is 10.1. The fraction of sp³-hybridized carbons (Fsp3) is 0.250. The van der Waals surface area contributed by atoms with Crippen molar-refractivity contribution in [3.63, 3.8) is 0 Å². The molecule has 1 aromatic heterocycles. The maximum atomic E-state index is 13.7. The van der Waals surface area contributed by atoms with E-state index >= 15 is 0 Å². The Morgan fingerprint density at radius 3 is 2.68 bits per heavy atom. The number of carbonyl (C=O) groups is 1. The third-order valence-corrected chi connectivity index (χ3v) is 5.30. The monoisotopic (exact) mass is 447 g/mol. The van der Waals surface area contributed by atoms with Gasteiger partial charge in [-0.2, -0.15) is 0 Å². The second-order valence-corrected chi connectivity index (χ2v) is 7.61. The minimum absolute atomic E-state index is 0.0768. The lowest BCUT2D eigenvalue weighted by Crippen LogP contribution is -2.24. The highest BCUT2D eigenvalue weighted by atomic mass is 32.2. The zero-order chi connectivity index (χ0) is 22.4. The van der Waals surface area contributed by atoms with Crippen molar-refractivity contribution in [2.45, 2.75) is 23.9 Å². The number of ether oxygens (including phenoxy) is 3. The quantitative estimate of drug-likeness (QED) is 0.380. The highest BCUT2D eigenvalue weighted by molar-refractivity contribution is 8.00. The van der Waals surface area contributed by atoms with Crippen LogP contribution in [0.15, 0.2) is 47.6 Å². The molecule has 1 heterocycles. The van der Waals surface area contributed by atoms with Crippen LogP contribution < -0.4 is 25.4 Å². The van der Waals surface area contributed by atoms with Crippen LogP contribution in [0.25, 0.3) is 0 Å². The number of hydrogen-bond acceptors (Lipinski definition) is 8. The van der Waals surface area contributed by atoms with Gasteiger partial charge in [-0.05, 0) is 31.2 Å². The fourth-order valence-corrected chi connectivity index (χ4v) is 3.34. The summed E-state index contributed by atoms with van der Waals surface area (Å²) in [6.45, 7) is 1.63. The molecule has 0 aliphatic carbocycles. The largest absolute Gasteiger partial charge is 0.497 e. The van der Waals surface area contributed by atoms with E-state index < -0.39 is 11.1 Å². The first-order chi connectivity index (χ1) is 14.9. The minimum Gasteiger partial charge on any atom is -0.497 e. The molecule has 3 rings (SSSR count). The summed E-state index contributed by atoms with van der Waals surface area (Å²) in [6, 6.07) is 11.1. The van der Waals surface area contributed by atoms with E-state index in [-0.39, 0.29) is 24.1 Å². The molecule has 0 aliphatic heterocycles. The first-order valence-electron chi connectivity index (χ1n) is 9.19. The van der Waals surface area contributed by atoms with Gasteiger partial charge in [-0.25, -0.2) is 9.07 Å². The van der Waals surface area contributed by atoms with Gasteiger partial charge in [0.1, 0.15) is 18.1 Å². The van der Waals surface area contributed by atoms with Crippen LogP contribution in [0.5, 0.6) is 17.2 Å². The Morgan fingerprint density at radius 2 is 1.97 bits per heavy atom. The average Bonchev–Trinajstić information content (AvgIpc) is 3.12. The van der Waals surface area contributed by atoms with Crippen LogP contribution in [-0.2, 0) is 11.4 Å². The fourth-order valence-electron chi connectivity index (χ4n) is 2.55. The number of nitrogens with one attached hydrogen (secondary N) is 1. The summed E-state index contributed by atoms with van der Waals surface area (Å²) in [7, 11) is 3.05. The molecule has 0 aliphatic rings. The SMILES string of the molecule is COc1ccc(OC)c(NC(=O)C(C)Sc2nnc(COc3ccccc3F)n2N)c1. The average molecular weight is 447 g/mol. The lowest BCUT2D eigenvalue weighted by Gasteiger charge is -2.14. The van der Waals surface area contributed by atoms with E-state index in [1.165, 1.54) is 31.0 Å². The summed E-state index contributed by atoms with van der Waals surface area (Å²) in [5, 5.41) is 10.5. The lowest BCUT2D eigenvalue weighted by molar-refractivity contribution is -0.115. The number of para-hydroxylation sites is 1. The van der Waals surface area contributed by atoms with Crippen molar-refractivity contribution >= 4 is 23.4 Å². The van der Waals surface area contributed by atoms with Gasteiger partial charge in [-0.3, -0.25) is 4.79 Å². The van der Waals surface area contributed by atoms with Gasteiger partial charge >= 0.3 is 0 Å². The molecule has 0 radical (unpaired) electrons. The van der Waals surface area contributed by atoms with Crippen LogP contribution in [0, 0.1) is 5.82 Å². The molecule has 1 unspecified atom stereocenters. The molecule has 0 fully saturated rings. The molecule has 1 amide bonds. The third kappa shape index (κ3) is 5.37. The number of amides is 1. The van der Waals surface area contributed by atoms with Gasteiger partial charge in [0, 0.05) is 6.07 Å². The highest BCUT2D eigenvalue weighted by Crippen LogP contribution is 2.30. The predicted octanol–water partition coefficient (Wildman–Crippen LogP) is 2.85. The predicted molar refractivity (Wildman–Crippen MR) is 114 cm³/mol. The molecule has 9 nitrogen and oxygen atoms in total. The maximum absolute atomic E-state index is 13.7. The molecule has 0 spiro atoms. The number of benzene rings is 2. The van der Waals surface area contributed by atoms with Crippen molar-refractivity contribution in [1.82, 2.24) is 14.9 Å². The van der Waals surface area contributed by atoms with E-state index in [9.17, 15) is 9.18 Å². The number of thioether (sulfide) groups is 1. The number of aromatic nitrogens is 3. The number of rotatable bonds is 9. The molecule has 11 heteroatoms. The summed E-state index contributed by atoms with van der Waals surface area (Å²) < 4.78 is 30.7. The van der Waals surface area contributed by atoms with E-state index in [0.717, 1.165) is 11.8 Å². The summed E-state index contributed by atoms with van der Waals surface area (Å²) >= 11 is 1.12. The second kappa shape index (κ2) is 10.0. The Kier molecular flexibility index (Phi) is 7.19. The Morgan fingerprint density at radius 1 is 1.19 bits per heavy atom. The van der Waals surface area contributed by atoms with Crippen molar-refractivity contribution < 1.29 is 23.4 Å². The van der Waals surface area contributed by atoms with Gasteiger partial charge in [-0.15, -0.1) is 10.2 Å². The first kappa shape index (κ1) is 22.2. The number of halogens is 1. The summed E-state index contributed by atoms with van der Waals surface area (Å²) in [4.78, 5) is 12.7. The summed E-state index contributed by atoms with van der Waals surface area (Å²) in [5.74, 6) is 6.69. The lowest BCUT2D eigenvalue weighted by atomic mass is 10.2. The number of nitrogens with zero attached hydrogens (tertiary/aromatic N) is 3. The third-order valence-electron chi connectivity index (χ3n) is 4.24. The molecule has 0 saturated heterocycles. The van der Waals surface area contributed by atoms with Crippen molar-refractivity contribution in [3.05, 3.63) is 54.1 Å². The minimum atomic E-state index is -0.553. The van der Waals surface area contributed by atoms with Gasteiger partial charge in [0.05, 0.1) is 25.2 Å². The Labute approximate surface area is 182 Å². The standard InChI is InChI=1S/C20H22FN5O4S/c1-12(19(27)23-15-10-13(28-2)8-9-17(15)29-3)31-20-25-24-18(26(20)22)11-30-16-7-5-4-6-14(16)21/h4-10,12H,11,22H2,1-3H3,(H,23,27).